The summed E-state index contributed by atoms with van der Waals surface area (Å²) in [5.74, 6) is 0. The lowest BCUT2D eigenvalue weighted by Crippen LogP contribution is -1.90. The molecule has 0 aromatic carbocycles. The van der Waals surface area contributed by atoms with Gasteiger partial charge in [-0.2, -0.15) is 0 Å². The SMILES string of the molecule is [c]1cc2scnc2c(-c2nccc3scnc23)n1. The molecular weight excluding hydrogens is 264 g/mol. The van der Waals surface area contributed by atoms with Crippen LogP contribution in [0.4, 0.5) is 0 Å². The summed E-state index contributed by atoms with van der Waals surface area (Å²) < 4.78 is 2.17. The van der Waals surface area contributed by atoms with Gasteiger partial charge in [-0.3, -0.25) is 4.98 Å². The Labute approximate surface area is 110 Å². The van der Waals surface area contributed by atoms with E-state index in [-0.39, 0.29) is 0 Å². The van der Waals surface area contributed by atoms with Gasteiger partial charge < -0.3 is 0 Å². The first-order valence-corrected chi connectivity index (χ1v) is 6.98. The van der Waals surface area contributed by atoms with Crippen LogP contribution in [0.3, 0.4) is 0 Å². The topological polar surface area (TPSA) is 51.6 Å². The van der Waals surface area contributed by atoms with Gasteiger partial charge in [0, 0.05) is 6.20 Å². The van der Waals surface area contributed by atoms with Gasteiger partial charge >= 0.3 is 0 Å². The van der Waals surface area contributed by atoms with Gasteiger partial charge in [0.2, 0.25) is 0 Å². The molecule has 4 nitrogen and oxygen atoms in total. The molecule has 0 fully saturated rings. The Hall–Kier alpha value is -1.92. The van der Waals surface area contributed by atoms with Crippen molar-refractivity contribution < 1.29 is 0 Å². The molecule has 4 heterocycles. The zero-order valence-electron chi connectivity index (χ0n) is 8.99. The average molecular weight is 269 g/mol. The molecule has 0 bridgehead atoms. The van der Waals surface area contributed by atoms with Gasteiger partial charge in [-0.05, 0) is 12.1 Å². The van der Waals surface area contributed by atoms with Gasteiger partial charge in [0.05, 0.1) is 26.6 Å². The molecule has 4 aromatic rings. The monoisotopic (exact) mass is 269 g/mol. The third-order valence-electron chi connectivity index (χ3n) is 2.66. The molecule has 0 aliphatic heterocycles. The van der Waals surface area contributed by atoms with Crippen molar-refractivity contribution in [1.82, 2.24) is 19.9 Å². The minimum atomic E-state index is 0.755. The number of aromatic nitrogens is 4. The molecule has 1 radical (unpaired) electrons. The van der Waals surface area contributed by atoms with Crippen molar-refractivity contribution in [3.63, 3.8) is 0 Å². The molecule has 0 saturated heterocycles. The first-order valence-electron chi connectivity index (χ1n) is 5.22. The van der Waals surface area contributed by atoms with E-state index in [1.54, 1.807) is 28.9 Å². The number of thiazole rings is 2. The normalized spacial score (nSPS) is 11.3. The van der Waals surface area contributed by atoms with Gasteiger partial charge in [-0.15, -0.1) is 22.7 Å². The van der Waals surface area contributed by atoms with E-state index in [1.165, 1.54) is 0 Å². The molecule has 0 amide bonds. The van der Waals surface area contributed by atoms with E-state index in [4.69, 9.17) is 0 Å². The standard InChI is InChI=1S/C12H5N4S2/c1-3-13-11(9-7(1)17-5-15-9)12-10-8(2-4-14-12)18-6-16-10/h1-3,5-6H. The number of rotatable bonds is 1. The smallest absolute Gasteiger partial charge is 0.119 e. The second-order valence-electron chi connectivity index (χ2n) is 3.66. The fourth-order valence-corrected chi connectivity index (χ4v) is 3.20. The molecule has 0 aliphatic carbocycles. The van der Waals surface area contributed by atoms with Crippen molar-refractivity contribution in [2.45, 2.75) is 0 Å². The van der Waals surface area contributed by atoms with E-state index < -0.39 is 0 Å². The molecular formula is C12H5N4S2. The van der Waals surface area contributed by atoms with Crippen molar-refractivity contribution in [3.8, 4) is 11.4 Å². The fourth-order valence-electron chi connectivity index (χ4n) is 1.87. The van der Waals surface area contributed by atoms with Crippen LogP contribution in [0, 0.1) is 6.20 Å². The van der Waals surface area contributed by atoms with E-state index in [0.29, 0.717) is 0 Å². The number of fused-ring (bicyclic) bond motifs is 2. The lowest BCUT2D eigenvalue weighted by molar-refractivity contribution is 1.26. The molecule has 0 aliphatic rings. The maximum absolute atomic E-state index is 4.41. The Kier molecular flexibility index (Phi) is 2.12. The molecule has 0 unspecified atom stereocenters. The van der Waals surface area contributed by atoms with E-state index in [1.807, 2.05) is 23.2 Å². The summed E-state index contributed by atoms with van der Waals surface area (Å²) in [5.41, 5.74) is 6.91. The summed E-state index contributed by atoms with van der Waals surface area (Å²) in [7, 11) is 0. The molecule has 6 heteroatoms. The molecule has 0 saturated carbocycles. The molecule has 85 valence electrons. The van der Waals surface area contributed by atoms with Gasteiger partial charge in [0.1, 0.15) is 22.4 Å². The minimum Gasteiger partial charge on any atom is -0.252 e. The highest BCUT2D eigenvalue weighted by atomic mass is 32.1. The zero-order chi connectivity index (χ0) is 11.9. The molecule has 0 N–H and O–H groups in total. The van der Waals surface area contributed by atoms with Crippen LogP contribution in [-0.4, -0.2) is 19.9 Å². The quantitative estimate of drug-likeness (QED) is 0.532. The van der Waals surface area contributed by atoms with E-state index >= 15 is 0 Å². The van der Waals surface area contributed by atoms with Gasteiger partial charge in [-0.25, -0.2) is 15.0 Å². The molecule has 0 spiro atoms. The summed E-state index contributed by atoms with van der Waals surface area (Å²) >= 11 is 3.17. The Morgan fingerprint density at radius 3 is 2.56 bits per heavy atom. The predicted molar refractivity (Wildman–Crippen MR) is 72.7 cm³/mol. The van der Waals surface area contributed by atoms with Crippen molar-refractivity contribution in [2.75, 3.05) is 0 Å². The Bertz CT molecular complexity index is 777. The summed E-state index contributed by atoms with van der Waals surface area (Å²) in [6.45, 7) is 0. The molecule has 4 rings (SSSR count). The van der Waals surface area contributed by atoms with Crippen LogP contribution in [-0.2, 0) is 0 Å². The third-order valence-corrected chi connectivity index (χ3v) is 4.23. The molecule has 4 aromatic heterocycles. The van der Waals surface area contributed by atoms with Crippen LogP contribution < -0.4 is 0 Å². The van der Waals surface area contributed by atoms with Crippen LogP contribution >= 0.6 is 22.7 Å². The Balaban J connectivity index is 2.13. The van der Waals surface area contributed by atoms with Crippen LogP contribution in [0.1, 0.15) is 0 Å². The van der Waals surface area contributed by atoms with Crippen LogP contribution in [0.15, 0.2) is 29.4 Å². The van der Waals surface area contributed by atoms with Gasteiger partial charge in [-0.1, -0.05) is 0 Å². The van der Waals surface area contributed by atoms with E-state index in [9.17, 15) is 0 Å². The van der Waals surface area contributed by atoms with Gasteiger partial charge in [0.25, 0.3) is 0 Å². The summed E-state index contributed by atoms with van der Waals surface area (Å²) in [4.78, 5) is 17.4. The number of hydrogen-bond donors (Lipinski definition) is 0. The lowest BCUT2D eigenvalue weighted by Gasteiger charge is -2.01. The van der Waals surface area contributed by atoms with Crippen molar-refractivity contribution in [2.24, 2.45) is 0 Å². The van der Waals surface area contributed by atoms with Crippen molar-refractivity contribution in [3.05, 3.63) is 35.5 Å². The van der Waals surface area contributed by atoms with E-state index in [0.717, 1.165) is 31.8 Å². The highest BCUT2D eigenvalue weighted by molar-refractivity contribution is 7.17. The van der Waals surface area contributed by atoms with Gasteiger partial charge in [0.15, 0.2) is 0 Å². The Morgan fingerprint density at radius 1 is 0.889 bits per heavy atom. The molecule has 18 heavy (non-hydrogen) atoms. The number of pyridine rings is 2. The first-order chi connectivity index (χ1) is 8.93. The summed E-state index contributed by atoms with van der Waals surface area (Å²) in [5, 5.41) is 0. The first kappa shape index (κ1) is 10.0. The highest BCUT2D eigenvalue weighted by Gasteiger charge is 2.13. The fraction of sp³-hybridized carbons (Fsp3) is 0. The third kappa shape index (κ3) is 1.36. The van der Waals surface area contributed by atoms with Crippen LogP contribution in [0.2, 0.25) is 0 Å². The maximum Gasteiger partial charge on any atom is 0.119 e. The predicted octanol–water partition coefficient (Wildman–Crippen LogP) is 3.16. The number of hydrogen-bond acceptors (Lipinski definition) is 6. The average Bonchev–Trinajstić information content (AvgIpc) is 3.06. The largest absolute Gasteiger partial charge is 0.252 e. The van der Waals surface area contributed by atoms with Crippen molar-refractivity contribution in [1.29, 1.82) is 0 Å². The zero-order valence-corrected chi connectivity index (χ0v) is 10.6. The highest BCUT2D eigenvalue weighted by Crippen LogP contribution is 2.31. The van der Waals surface area contributed by atoms with Crippen LogP contribution in [0.25, 0.3) is 31.8 Å². The van der Waals surface area contributed by atoms with E-state index in [2.05, 4.69) is 26.1 Å². The second kappa shape index (κ2) is 3.79. The Morgan fingerprint density at radius 2 is 1.67 bits per heavy atom. The number of nitrogens with zero attached hydrogens (tertiary/aromatic N) is 4. The minimum absolute atomic E-state index is 0.755. The van der Waals surface area contributed by atoms with Crippen molar-refractivity contribution >= 4 is 43.1 Å². The molecule has 0 atom stereocenters. The maximum atomic E-state index is 4.41. The second-order valence-corrected chi connectivity index (χ2v) is 5.43. The lowest BCUT2D eigenvalue weighted by atomic mass is 10.2. The van der Waals surface area contributed by atoms with Crippen LogP contribution in [0.5, 0.6) is 0 Å². The summed E-state index contributed by atoms with van der Waals surface area (Å²) in [6, 6.07) is 3.80. The summed E-state index contributed by atoms with van der Waals surface area (Å²) in [6.07, 6.45) is 4.68.